The Balaban J connectivity index is 1.35. The van der Waals surface area contributed by atoms with Gasteiger partial charge in [-0.1, -0.05) is 65.7 Å². The zero-order valence-electron chi connectivity index (χ0n) is 19.6. The van der Waals surface area contributed by atoms with Crippen molar-refractivity contribution in [2.45, 2.75) is 12.8 Å². The van der Waals surface area contributed by atoms with E-state index >= 15 is 0 Å². The van der Waals surface area contributed by atoms with Crippen LogP contribution in [0.5, 0.6) is 0 Å². The number of rotatable bonds is 5. The maximum atomic E-state index is 6.46. The molecule has 8 heteroatoms. The van der Waals surface area contributed by atoms with Crippen molar-refractivity contribution < 1.29 is 4.74 Å². The first-order valence-electron chi connectivity index (χ1n) is 11.9. The molecule has 1 fully saturated rings. The van der Waals surface area contributed by atoms with E-state index in [2.05, 4.69) is 45.0 Å². The van der Waals surface area contributed by atoms with Crippen LogP contribution in [0.15, 0.2) is 82.6 Å². The minimum absolute atomic E-state index is 0.442. The van der Waals surface area contributed by atoms with Crippen LogP contribution in [0.2, 0.25) is 10.0 Å². The van der Waals surface area contributed by atoms with E-state index in [-0.39, 0.29) is 0 Å². The minimum Gasteiger partial charge on any atom is -0.378 e. The number of nitrogens with zero attached hydrogens (tertiary/aromatic N) is 2. The summed E-state index contributed by atoms with van der Waals surface area (Å²) in [5.41, 5.74) is 8.48. The first-order chi connectivity index (χ1) is 17.6. The van der Waals surface area contributed by atoms with Crippen LogP contribution in [0.3, 0.4) is 0 Å². The molecule has 2 aliphatic rings. The van der Waals surface area contributed by atoms with E-state index < -0.39 is 0 Å². The summed E-state index contributed by atoms with van der Waals surface area (Å²) in [6.07, 6.45) is 5.83. The molecule has 0 bridgehead atoms. The fourth-order valence-electron chi connectivity index (χ4n) is 4.63. The fourth-order valence-corrected chi connectivity index (χ4v) is 5.26. The molecule has 3 aromatic carbocycles. The molecule has 36 heavy (non-hydrogen) atoms. The van der Waals surface area contributed by atoms with Crippen molar-refractivity contribution in [3.63, 3.8) is 0 Å². The van der Waals surface area contributed by atoms with Crippen molar-refractivity contribution in [3.8, 4) is 0 Å². The third kappa shape index (κ3) is 5.73. The van der Waals surface area contributed by atoms with E-state index in [9.17, 15) is 0 Å². The molecule has 0 atom stereocenters. The molecule has 184 valence electrons. The average molecular weight is 538 g/mol. The standard InChI is InChI=1S/C28H26Cl2N4OS/c29-23-11-10-20(25(30)17-23)16-21-8-9-22(27(21)34-12-14-35-15-13-34)18-31-33-28(36)32-26-7-3-5-19-4-1-2-6-24(19)26/h1-7,10-11,16-18H,8-9,12-15H2,(H2,32,33,36)/b21-16-,31-18-. The third-order valence-corrected chi connectivity index (χ3v) is 7.07. The van der Waals surface area contributed by atoms with Gasteiger partial charge in [-0.25, -0.2) is 0 Å². The topological polar surface area (TPSA) is 48.9 Å². The Bertz CT molecular complexity index is 1370. The van der Waals surface area contributed by atoms with Crippen LogP contribution >= 0.6 is 35.4 Å². The number of hydrogen-bond acceptors (Lipinski definition) is 4. The Kier molecular flexibility index (Phi) is 7.87. The zero-order chi connectivity index (χ0) is 24.9. The van der Waals surface area contributed by atoms with Gasteiger partial charge in [-0.3, -0.25) is 5.43 Å². The number of morpholine rings is 1. The van der Waals surface area contributed by atoms with E-state index in [0.29, 0.717) is 28.4 Å². The number of hydrazone groups is 1. The van der Waals surface area contributed by atoms with Gasteiger partial charge in [0.2, 0.25) is 0 Å². The van der Waals surface area contributed by atoms with Crippen LogP contribution in [0.25, 0.3) is 16.8 Å². The molecule has 1 heterocycles. The molecule has 0 amide bonds. The van der Waals surface area contributed by atoms with Crippen molar-refractivity contribution in [2.75, 3.05) is 31.6 Å². The first-order valence-corrected chi connectivity index (χ1v) is 13.0. The maximum Gasteiger partial charge on any atom is 0.191 e. The number of halogens is 2. The summed E-state index contributed by atoms with van der Waals surface area (Å²) < 4.78 is 5.59. The molecule has 0 radical (unpaired) electrons. The molecule has 0 unspecified atom stereocenters. The Hall–Kier alpha value is -2.90. The smallest absolute Gasteiger partial charge is 0.191 e. The summed E-state index contributed by atoms with van der Waals surface area (Å²) in [5, 5.41) is 11.7. The quantitative estimate of drug-likeness (QED) is 0.211. The average Bonchev–Trinajstić information content (AvgIpc) is 3.28. The number of ether oxygens (including phenoxy) is 1. The summed E-state index contributed by atoms with van der Waals surface area (Å²) >= 11 is 18.1. The van der Waals surface area contributed by atoms with Gasteiger partial charge >= 0.3 is 0 Å². The number of benzene rings is 3. The van der Waals surface area contributed by atoms with Crippen molar-refractivity contribution in [1.82, 2.24) is 10.3 Å². The normalized spacial score (nSPS) is 17.4. The SMILES string of the molecule is S=C(N/N=C\C1=C(N2CCOCC2)C(=C\c2ccc(Cl)cc2Cl)/CC1)Nc1cccc2ccccc12. The highest BCUT2D eigenvalue weighted by molar-refractivity contribution is 7.80. The lowest BCUT2D eigenvalue weighted by Gasteiger charge is -2.31. The van der Waals surface area contributed by atoms with E-state index in [1.165, 1.54) is 11.3 Å². The number of anilines is 1. The monoisotopic (exact) mass is 536 g/mol. The Labute approximate surface area is 226 Å². The van der Waals surface area contributed by atoms with E-state index in [4.69, 9.17) is 40.2 Å². The third-order valence-electron chi connectivity index (χ3n) is 6.32. The molecule has 1 aliphatic carbocycles. The Morgan fingerprint density at radius 1 is 1.00 bits per heavy atom. The van der Waals surface area contributed by atoms with Crippen molar-refractivity contribution in [2.24, 2.45) is 5.10 Å². The second-order valence-corrected chi connectivity index (χ2v) is 9.91. The highest BCUT2D eigenvalue weighted by Gasteiger charge is 2.25. The zero-order valence-corrected chi connectivity index (χ0v) is 22.0. The van der Waals surface area contributed by atoms with Gasteiger partial charge in [-0.15, -0.1) is 0 Å². The summed E-state index contributed by atoms with van der Waals surface area (Å²) in [6.45, 7) is 3.10. The van der Waals surface area contributed by atoms with Crippen LogP contribution in [0.4, 0.5) is 5.69 Å². The first kappa shape index (κ1) is 24.8. The summed E-state index contributed by atoms with van der Waals surface area (Å²) in [7, 11) is 0. The lowest BCUT2D eigenvalue weighted by atomic mass is 10.1. The largest absolute Gasteiger partial charge is 0.378 e. The van der Waals surface area contributed by atoms with E-state index in [1.807, 2.05) is 42.6 Å². The molecule has 1 saturated heterocycles. The van der Waals surface area contributed by atoms with Gasteiger partial charge in [-0.05, 0) is 71.4 Å². The number of fused-ring (bicyclic) bond motifs is 1. The Morgan fingerprint density at radius 3 is 2.64 bits per heavy atom. The number of nitrogens with one attached hydrogen (secondary N) is 2. The lowest BCUT2D eigenvalue weighted by molar-refractivity contribution is 0.0548. The fraction of sp³-hybridized carbons (Fsp3) is 0.214. The van der Waals surface area contributed by atoms with Crippen molar-refractivity contribution in [3.05, 3.63) is 93.1 Å². The molecule has 3 aromatic rings. The van der Waals surface area contributed by atoms with Crippen LogP contribution in [-0.2, 0) is 4.74 Å². The Morgan fingerprint density at radius 2 is 1.81 bits per heavy atom. The van der Waals surface area contributed by atoms with Gasteiger partial charge in [-0.2, -0.15) is 5.10 Å². The van der Waals surface area contributed by atoms with Gasteiger partial charge in [0.15, 0.2) is 5.11 Å². The molecule has 1 aliphatic heterocycles. The summed E-state index contributed by atoms with van der Waals surface area (Å²) in [5.74, 6) is 0. The maximum absolute atomic E-state index is 6.46. The van der Waals surface area contributed by atoms with Crippen LogP contribution in [0.1, 0.15) is 18.4 Å². The van der Waals surface area contributed by atoms with Gasteiger partial charge in [0.25, 0.3) is 0 Å². The van der Waals surface area contributed by atoms with Gasteiger partial charge in [0.1, 0.15) is 0 Å². The van der Waals surface area contributed by atoms with Crippen LogP contribution < -0.4 is 10.7 Å². The highest BCUT2D eigenvalue weighted by Crippen LogP contribution is 2.36. The van der Waals surface area contributed by atoms with E-state index in [0.717, 1.165) is 53.5 Å². The predicted molar refractivity (Wildman–Crippen MR) is 155 cm³/mol. The van der Waals surface area contributed by atoms with Gasteiger partial charge < -0.3 is 15.0 Å². The second-order valence-electron chi connectivity index (χ2n) is 8.66. The number of hydrogen-bond donors (Lipinski definition) is 2. The molecule has 2 N–H and O–H groups in total. The van der Waals surface area contributed by atoms with Gasteiger partial charge in [0, 0.05) is 39.9 Å². The number of thiocarbonyl (C=S) groups is 1. The van der Waals surface area contributed by atoms with Crippen molar-refractivity contribution >= 4 is 69.3 Å². The van der Waals surface area contributed by atoms with Crippen LogP contribution in [0, 0.1) is 0 Å². The minimum atomic E-state index is 0.442. The molecule has 5 nitrogen and oxygen atoms in total. The molecule has 5 rings (SSSR count). The van der Waals surface area contributed by atoms with Crippen molar-refractivity contribution in [1.29, 1.82) is 0 Å². The summed E-state index contributed by atoms with van der Waals surface area (Å²) in [6, 6.07) is 19.9. The number of allylic oxidation sites excluding steroid dienone is 2. The molecular formula is C28H26Cl2N4OS. The second kappa shape index (κ2) is 11.4. The molecule has 0 saturated carbocycles. The summed E-state index contributed by atoms with van der Waals surface area (Å²) in [4.78, 5) is 2.38. The highest BCUT2D eigenvalue weighted by atomic mass is 35.5. The van der Waals surface area contributed by atoms with Gasteiger partial charge in [0.05, 0.1) is 19.4 Å². The molecular weight excluding hydrogens is 511 g/mol. The van der Waals surface area contributed by atoms with Crippen LogP contribution in [-0.4, -0.2) is 42.5 Å². The molecule has 0 spiro atoms. The molecule has 0 aromatic heterocycles. The van der Waals surface area contributed by atoms with E-state index in [1.54, 1.807) is 6.07 Å². The lowest BCUT2D eigenvalue weighted by Crippen LogP contribution is -2.36. The predicted octanol–water partition coefficient (Wildman–Crippen LogP) is 6.88.